The molecule has 1 fully saturated rings. The number of hydrogen-bond acceptors (Lipinski definition) is 6. The number of hydrogen-bond donors (Lipinski definition) is 1. The molecule has 6 nitrogen and oxygen atoms in total. The molecule has 0 aliphatic carbocycles. The molecule has 2 aromatic rings. The highest BCUT2D eigenvalue weighted by Gasteiger charge is 2.25. The van der Waals surface area contributed by atoms with E-state index >= 15 is 0 Å². The highest BCUT2D eigenvalue weighted by atomic mass is 35.5. The first-order chi connectivity index (χ1) is 13.4. The molecule has 1 aromatic carbocycles. The van der Waals surface area contributed by atoms with Crippen LogP contribution >= 0.6 is 22.9 Å². The number of nitrogens with zero attached hydrogens (tertiary/aromatic N) is 1. The van der Waals surface area contributed by atoms with E-state index in [1.807, 2.05) is 38.1 Å². The van der Waals surface area contributed by atoms with Crippen molar-refractivity contribution in [1.29, 1.82) is 0 Å². The number of carbonyl (C=O) groups is 2. The predicted octanol–water partition coefficient (Wildman–Crippen LogP) is 4.81. The van der Waals surface area contributed by atoms with Crippen LogP contribution in [0.1, 0.15) is 41.9 Å². The van der Waals surface area contributed by atoms with E-state index in [-0.39, 0.29) is 24.4 Å². The van der Waals surface area contributed by atoms with Gasteiger partial charge in [0.05, 0.1) is 18.9 Å². The van der Waals surface area contributed by atoms with E-state index in [1.165, 1.54) is 11.3 Å². The average molecular weight is 423 g/mol. The third-order valence-electron chi connectivity index (χ3n) is 4.37. The standard InChI is InChI=1S/C20H23ClN2O4S/c1-4-27-20(25)18-16(12(2)3)17(19(21)28-18)22-13-5-7-14(8-6-13)23-9-10-26-11-15(23)24/h5-8,12,22H,4,9-11H2,1-3H3. The first-order valence-corrected chi connectivity index (χ1v) is 10.4. The number of amides is 1. The fraction of sp³-hybridized carbons (Fsp3) is 0.400. The van der Waals surface area contributed by atoms with Crippen LogP contribution in [0.2, 0.25) is 4.34 Å². The summed E-state index contributed by atoms with van der Waals surface area (Å²) >= 11 is 7.67. The van der Waals surface area contributed by atoms with Crippen LogP contribution in [0.15, 0.2) is 24.3 Å². The quantitative estimate of drug-likeness (QED) is 0.676. The second kappa shape index (κ2) is 8.94. The van der Waals surface area contributed by atoms with Crippen molar-refractivity contribution in [3.8, 4) is 0 Å². The van der Waals surface area contributed by atoms with E-state index in [9.17, 15) is 9.59 Å². The Morgan fingerprint density at radius 1 is 1.36 bits per heavy atom. The van der Waals surface area contributed by atoms with Gasteiger partial charge < -0.3 is 19.7 Å². The Hall–Kier alpha value is -2.09. The zero-order valence-electron chi connectivity index (χ0n) is 16.1. The molecule has 0 unspecified atom stereocenters. The molecule has 3 rings (SSSR count). The molecule has 1 aromatic heterocycles. The summed E-state index contributed by atoms with van der Waals surface area (Å²) in [7, 11) is 0. The number of morpholine rings is 1. The lowest BCUT2D eigenvalue weighted by molar-refractivity contribution is -0.125. The zero-order chi connectivity index (χ0) is 20.3. The number of halogens is 1. The van der Waals surface area contributed by atoms with Gasteiger partial charge in [-0.05, 0) is 37.1 Å². The van der Waals surface area contributed by atoms with Crippen molar-refractivity contribution < 1.29 is 19.1 Å². The molecule has 0 saturated carbocycles. The lowest BCUT2D eigenvalue weighted by Crippen LogP contribution is -2.41. The van der Waals surface area contributed by atoms with E-state index in [1.54, 1.807) is 11.8 Å². The van der Waals surface area contributed by atoms with Crippen molar-refractivity contribution in [2.45, 2.75) is 26.7 Å². The summed E-state index contributed by atoms with van der Waals surface area (Å²) in [5, 5.41) is 3.32. The fourth-order valence-corrected chi connectivity index (χ4v) is 4.50. The monoisotopic (exact) mass is 422 g/mol. The van der Waals surface area contributed by atoms with Crippen LogP contribution in [0, 0.1) is 0 Å². The van der Waals surface area contributed by atoms with Gasteiger partial charge in [0.15, 0.2) is 0 Å². The first kappa shape index (κ1) is 20.6. The number of thiophene rings is 1. The van der Waals surface area contributed by atoms with Gasteiger partial charge in [-0.1, -0.05) is 25.4 Å². The maximum Gasteiger partial charge on any atom is 0.348 e. The average Bonchev–Trinajstić information content (AvgIpc) is 3.00. The molecule has 28 heavy (non-hydrogen) atoms. The maximum absolute atomic E-state index is 12.3. The van der Waals surface area contributed by atoms with E-state index in [4.69, 9.17) is 21.1 Å². The van der Waals surface area contributed by atoms with Crippen molar-refractivity contribution in [1.82, 2.24) is 0 Å². The van der Waals surface area contributed by atoms with Gasteiger partial charge in [0.2, 0.25) is 0 Å². The van der Waals surface area contributed by atoms with Crippen LogP contribution < -0.4 is 10.2 Å². The number of anilines is 3. The summed E-state index contributed by atoms with van der Waals surface area (Å²) in [4.78, 5) is 26.5. The maximum atomic E-state index is 12.3. The summed E-state index contributed by atoms with van der Waals surface area (Å²) in [5.41, 5.74) is 3.22. The van der Waals surface area contributed by atoms with Crippen LogP contribution in [-0.2, 0) is 14.3 Å². The molecule has 1 amide bonds. The molecular weight excluding hydrogens is 400 g/mol. The van der Waals surface area contributed by atoms with E-state index in [2.05, 4.69) is 5.32 Å². The highest BCUT2D eigenvalue weighted by Crippen LogP contribution is 2.43. The van der Waals surface area contributed by atoms with Crippen molar-refractivity contribution in [3.05, 3.63) is 39.0 Å². The second-order valence-corrected chi connectivity index (χ2v) is 8.26. The van der Waals surface area contributed by atoms with E-state index in [0.717, 1.165) is 22.6 Å². The second-order valence-electron chi connectivity index (χ2n) is 6.64. The lowest BCUT2D eigenvalue weighted by atomic mass is 10.0. The Morgan fingerprint density at radius 2 is 2.07 bits per heavy atom. The van der Waals surface area contributed by atoms with Gasteiger partial charge in [0, 0.05) is 23.5 Å². The number of benzene rings is 1. The fourth-order valence-electron chi connectivity index (χ4n) is 3.09. The number of ether oxygens (including phenoxy) is 2. The summed E-state index contributed by atoms with van der Waals surface area (Å²) in [6.45, 7) is 7.31. The van der Waals surface area contributed by atoms with Crippen molar-refractivity contribution in [2.75, 3.05) is 36.6 Å². The Bertz CT molecular complexity index is 864. The Labute approximate surface area is 173 Å². The summed E-state index contributed by atoms with van der Waals surface area (Å²) in [6, 6.07) is 7.54. The minimum atomic E-state index is -0.354. The largest absolute Gasteiger partial charge is 0.462 e. The van der Waals surface area contributed by atoms with Crippen LogP contribution in [0.5, 0.6) is 0 Å². The molecule has 8 heteroatoms. The summed E-state index contributed by atoms with van der Waals surface area (Å²) < 4.78 is 10.8. The third-order valence-corrected chi connectivity index (χ3v) is 5.77. The van der Waals surface area contributed by atoms with Gasteiger partial charge in [-0.25, -0.2) is 4.79 Å². The molecule has 0 spiro atoms. The number of rotatable bonds is 6. The van der Waals surface area contributed by atoms with Gasteiger partial charge >= 0.3 is 5.97 Å². The molecule has 0 radical (unpaired) electrons. The van der Waals surface area contributed by atoms with Crippen LogP contribution in [0.25, 0.3) is 0 Å². The van der Waals surface area contributed by atoms with Gasteiger partial charge in [0.25, 0.3) is 5.91 Å². The molecule has 2 heterocycles. The van der Waals surface area contributed by atoms with Crippen LogP contribution in [0.3, 0.4) is 0 Å². The van der Waals surface area contributed by atoms with Gasteiger partial charge in [0.1, 0.15) is 15.8 Å². The van der Waals surface area contributed by atoms with E-state index in [0.29, 0.717) is 29.0 Å². The highest BCUT2D eigenvalue weighted by molar-refractivity contribution is 7.18. The van der Waals surface area contributed by atoms with Crippen molar-refractivity contribution in [2.24, 2.45) is 0 Å². The molecule has 1 aliphatic heterocycles. The molecule has 0 bridgehead atoms. The predicted molar refractivity (Wildman–Crippen MR) is 112 cm³/mol. The Balaban J connectivity index is 1.85. The van der Waals surface area contributed by atoms with Crippen LogP contribution in [0.4, 0.5) is 17.1 Å². The smallest absolute Gasteiger partial charge is 0.348 e. The lowest BCUT2D eigenvalue weighted by Gasteiger charge is -2.27. The summed E-state index contributed by atoms with van der Waals surface area (Å²) in [5.74, 6) is -0.308. The van der Waals surface area contributed by atoms with Gasteiger partial charge in [-0.3, -0.25) is 4.79 Å². The zero-order valence-corrected chi connectivity index (χ0v) is 17.7. The Kier molecular flexibility index (Phi) is 6.59. The third kappa shape index (κ3) is 4.32. The molecule has 150 valence electrons. The number of carbonyl (C=O) groups excluding carboxylic acids is 2. The molecule has 1 saturated heterocycles. The van der Waals surface area contributed by atoms with E-state index < -0.39 is 0 Å². The van der Waals surface area contributed by atoms with Crippen molar-refractivity contribution >= 4 is 51.9 Å². The summed E-state index contributed by atoms with van der Waals surface area (Å²) in [6.07, 6.45) is 0. The topological polar surface area (TPSA) is 67.9 Å². The molecular formula is C20H23ClN2O4S. The molecule has 1 N–H and O–H groups in total. The Morgan fingerprint density at radius 3 is 2.68 bits per heavy atom. The van der Waals surface area contributed by atoms with Crippen LogP contribution in [-0.4, -0.2) is 38.2 Å². The van der Waals surface area contributed by atoms with Gasteiger partial charge in [-0.2, -0.15) is 0 Å². The minimum absolute atomic E-state index is 0.0472. The van der Waals surface area contributed by atoms with Crippen molar-refractivity contribution in [3.63, 3.8) is 0 Å². The normalized spacial score (nSPS) is 14.5. The minimum Gasteiger partial charge on any atom is -0.462 e. The van der Waals surface area contributed by atoms with Gasteiger partial charge in [-0.15, -0.1) is 11.3 Å². The molecule has 0 atom stereocenters. The molecule has 1 aliphatic rings. The first-order valence-electron chi connectivity index (χ1n) is 9.16. The SMILES string of the molecule is CCOC(=O)c1sc(Cl)c(Nc2ccc(N3CCOCC3=O)cc2)c1C(C)C. The number of nitrogens with one attached hydrogen (secondary N) is 1. The number of esters is 1.